The van der Waals surface area contributed by atoms with Gasteiger partial charge in [0.25, 0.3) is 15.9 Å². The molecule has 0 aliphatic carbocycles. The number of ether oxygens (including phenoxy) is 1. The molecule has 0 aliphatic heterocycles. The summed E-state index contributed by atoms with van der Waals surface area (Å²) in [5.74, 6) is 0.0858. The first kappa shape index (κ1) is 24.0. The van der Waals surface area contributed by atoms with E-state index in [0.717, 1.165) is 5.56 Å². The molecule has 0 aliphatic rings. The fraction of sp³-hybridized carbons (Fsp3) is 0.111. The smallest absolute Gasteiger partial charge is 0.278 e. The van der Waals surface area contributed by atoms with Gasteiger partial charge in [-0.25, -0.2) is 8.42 Å². The highest BCUT2D eigenvalue weighted by molar-refractivity contribution is 7.92. The molecule has 0 bridgehead atoms. The van der Waals surface area contributed by atoms with Crippen LogP contribution in [0, 0.1) is 6.92 Å². The molecule has 1 heterocycles. The number of carbonyl (C=O) groups excluding carboxylic acids is 1. The van der Waals surface area contributed by atoms with Crippen LogP contribution in [0.2, 0.25) is 0 Å². The van der Waals surface area contributed by atoms with Crippen molar-refractivity contribution in [2.24, 2.45) is 4.99 Å². The van der Waals surface area contributed by atoms with Crippen LogP contribution in [-0.2, 0) is 16.6 Å². The summed E-state index contributed by atoms with van der Waals surface area (Å²) in [7, 11) is -2.39. The van der Waals surface area contributed by atoms with Crippen LogP contribution in [0.25, 0.3) is 0 Å². The van der Waals surface area contributed by atoms with E-state index in [2.05, 4.69) is 9.71 Å². The minimum absolute atomic E-state index is 0.0135. The Labute approximate surface area is 204 Å². The van der Waals surface area contributed by atoms with Gasteiger partial charge in [0.1, 0.15) is 11.2 Å². The normalized spacial score (nSPS) is 11.8. The molecule has 7 nitrogen and oxygen atoms in total. The van der Waals surface area contributed by atoms with Crippen molar-refractivity contribution in [2.45, 2.75) is 18.4 Å². The van der Waals surface area contributed by atoms with Crippen molar-refractivity contribution >= 4 is 21.6 Å². The monoisotopic (exact) mass is 487 g/mol. The standard InChI is InChI=1S/C27H25N3O4S/c1-20-11-12-22(18-25(20)35(32,33)29-23-13-15-24(34-2)16-14-23)27(31)28-26-10-6-7-17-30(26)19-21-8-4-3-5-9-21/h3-18,29H,19H2,1-2H3. The second-order valence-electron chi connectivity index (χ2n) is 7.90. The molecular formula is C27H25N3O4S. The molecule has 0 saturated heterocycles. The number of nitrogens with zero attached hydrogens (tertiary/aromatic N) is 2. The van der Waals surface area contributed by atoms with E-state index in [9.17, 15) is 13.2 Å². The number of aromatic nitrogens is 1. The lowest BCUT2D eigenvalue weighted by Crippen LogP contribution is -2.22. The zero-order valence-electron chi connectivity index (χ0n) is 19.4. The number of methoxy groups -OCH3 is 1. The Bertz CT molecular complexity index is 1510. The molecule has 35 heavy (non-hydrogen) atoms. The molecule has 0 spiro atoms. The summed E-state index contributed by atoms with van der Waals surface area (Å²) in [5.41, 5.74) is 2.63. The highest BCUT2D eigenvalue weighted by Gasteiger charge is 2.19. The molecule has 1 amide bonds. The minimum Gasteiger partial charge on any atom is -0.497 e. The van der Waals surface area contributed by atoms with E-state index < -0.39 is 15.9 Å². The Balaban J connectivity index is 1.63. The first-order valence-electron chi connectivity index (χ1n) is 10.9. The zero-order valence-corrected chi connectivity index (χ0v) is 20.2. The van der Waals surface area contributed by atoms with E-state index in [1.165, 1.54) is 13.2 Å². The van der Waals surface area contributed by atoms with Crippen LogP contribution in [0.5, 0.6) is 5.75 Å². The van der Waals surface area contributed by atoms with Crippen LogP contribution >= 0.6 is 0 Å². The molecule has 0 saturated carbocycles. The van der Waals surface area contributed by atoms with Crippen molar-refractivity contribution in [3.63, 3.8) is 0 Å². The third-order valence-electron chi connectivity index (χ3n) is 5.40. The minimum atomic E-state index is -3.93. The number of hydrogen-bond acceptors (Lipinski definition) is 4. The highest BCUT2D eigenvalue weighted by atomic mass is 32.2. The summed E-state index contributed by atoms with van der Waals surface area (Å²) in [6.07, 6.45) is 1.85. The van der Waals surface area contributed by atoms with E-state index in [1.54, 1.807) is 55.5 Å². The van der Waals surface area contributed by atoms with E-state index in [-0.39, 0.29) is 10.5 Å². The fourth-order valence-corrected chi connectivity index (χ4v) is 4.87. The van der Waals surface area contributed by atoms with Crippen LogP contribution in [0.1, 0.15) is 21.5 Å². The van der Waals surface area contributed by atoms with Crippen molar-refractivity contribution in [1.82, 2.24) is 4.57 Å². The number of hydrogen-bond donors (Lipinski definition) is 1. The Kier molecular flexibility index (Phi) is 7.12. The zero-order chi connectivity index (χ0) is 24.8. The van der Waals surface area contributed by atoms with Crippen LogP contribution in [0.4, 0.5) is 5.69 Å². The summed E-state index contributed by atoms with van der Waals surface area (Å²) in [6, 6.07) is 26.4. The van der Waals surface area contributed by atoms with Crippen molar-refractivity contribution in [2.75, 3.05) is 11.8 Å². The lowest BCUT2D eigenvalue weighted by molar-refractivity contribution is 0.0997. The molecule has 8 heteroatoms. The summed E-state index contributed by atoms with van der Waals surface area (Å²) in [5, 5.41) is 0. The molecule has 178 valence electrons. The van der Waals surface area contributed by atoms with Gasteiger partial charge in [0.15, 0.2) is 0 Å². The van der Waals surface area contributed by atoms with Gasteiger partial charge in [0.2, 0.25) is 0 Å². The number of nitrogens with one attached hydrogen (secondary N) is 1. The molecule has 0 radical (unpaired) electrons. The maximum Gasteiger partial charge on any atom is 0.278 e. The number of sulfonamides is 1. The number of aryl methyl sites for hydroxylation is 1. The quantitative estimate of drug-likeness (QED) is 0.419. The van der Waals surface area contributed by atoms with Crippen LogP contribution in [0.15, 0.2) is 107 Å². The van der Waals surface area contributed by atoms with Crippen molar-refractivity contribution in [3.05, 3.63) is 119 Å². The lowest BCUT2D eigenvalue weighted by atomic mass is 10.1. The van der Waals surface area contributed by atoms with Gasteiger partial charge in [0, 0.05) is 24.0 Å². The summed E-state index contributed by atoms with van der Waals surface area (Å²) in [6.45, 7) is 2.23. The number of amides is 1. The van der Waals surface area contributed by atoms with Crippen molar-refractivity contribution in [1.29, 1.82) is 0 Å². The third kappa shape index (κ3) is 5.85. The lowest BCUT2D eigenvalue weighted by Gasteiger charge is -2.12. The van der Waals surface area contributed by atoms with Crippen LogP contribution < -0.4 is 14.9 Å². The summed E-state index contributed by atoms with van der Waals surface area (Å²) >= 11 is 0. The van der Waals surface area contributed by atoms with Crippen LogP contribution in [0.3, 0.4) is 0 Å². The fourth-order valence-electron chi connectivity index (χ4n) is 3.54. The SMILES string of the molecule is COc1ccc(NS(=O)(=O)c2cc(C(=O)N=c3ccccn3Cc3ccccc3)ccc2C)cc1. The van der Waals surface area contributed by atoms with Gasteiger partial charge in [-0.05, 0) is 66.6 Å². The number of rotatable bonds is 7. The van der Waals surface area contributed by atoms with Gasteiger partial charge in [-0.2, -0.15) is 4.99 Å². The van der Waals surface area contributed by atoms with Gasteiger partial charge in [0.05, 0.1) is 12.0 Å². The molecule has 4 rings (SSSR count). The topological polar surface area (TPSA) is 89.8 Å². The number of pyridine rings is 1. The van der Waals surface area contributed by atoms with E-state index in [1.807, 2.05) is 47.2 Å². The second kappa shape index (κ2) is 10.4. The Morgan fingerprint density at radius 2 is 1.66 bits per heavy atom. The maximum atomic E-state index is 13.1. The van der Waals surface area contributed by atoms with Crippen molar-refractivity contribution < 1.29 is 17.9 Å². The molecule has 1 aromatic heterocycles. The average Bonchev–Trinajstić information content (AvgIpc) is 2.86. The molecule has 1 N–H and O–H groups in total. The third-order valence-corrected chi connectivity index (χ3v) is 6.92. The summed E-state index contributed by atoms with van der Waals surface area (Å²) in [4.78, 5) is 17.3. The van der Waals surface area contributed by atoms with Gasteiger partial charge >= 0.3 is 0 Å². The Hall–Kier alpha value is -4.17. The molecule has 4 aromatic rings. The average molecular weight is 488 g/mol. The maximum absolute atomic E-state index is 13.1. The van der Waals surface area contributed by atoms with E-state index in [0.29, 0.717) is 29.0 Å². The Morgan fingerprint density at radius 3 is 2.37 bits per heavy atom. The molecular weight excluding hydrogens is 462 g/mol. The number of anilines is 1. The molecule has 3 aromatic carbocycles. The molecule has 0 unspecified atom stereocenters. The van der Waals surface area contributed by atoms with Crippen LogP contribution in [-0.4, -0.2) is 26.0 Å². The van der Waals surface area contributed by atoms with Gasteiger partial charge in [-0.3, -0.25) is 9.52 Å². The molecule has 0 atom stereocenters. The van der Waals surface area contributed by atoms with E-state index >= 15 is 0 Å². The van der Waals surface area contributed by atoms with E-state index in [4.69, 9.17) is 4.74 Å². The van der Waals surface area contributed by atoms with Gasteiger partial charge in [-0.1, -0.05) is 42.5 Å². The number of carbonyl (C=O) groups is 1. The predicted molar refractivity (Wildman–Crippen MR) is 135 cm³/mol. The molecule has 0 fully saturated rings. The Morgan fingerprint density at radius 1 is 0.943 bits per heavy atom. The number of benzene rings is 3. The van der Waals surface area contributed by atoms with Gasteiger partial charge < -0.3 is 9.30 Å². The predicted octanol–water partition coefficient (Wildman–Crippen LogP) is 4.40. The summed E-state index contributed by atoms with van der Waals surface area (Å²) < 4.78 is 35.7. The highest BCUT2D eigenvalue weighted by Crippen LogP contribution is 2.22. The second-order valence-corrected chi connectivity index (χ2v) is 9.55. The van der Waals surface area contributed by atoms with Gasteiger partial charge in [-0.15, -0.1) is 0 Å². The first-order chi connectivity index (χ1) is 16.9. The first-order valence-corrected chi connectivity index (χ1v) is 12.4. The van der Waals surface area contributed by atoms with Crippen molar-refractivity contribution in [3.8, 4) is 5.75 Å². The largest absolute Gasteiger partial charge is 0.497 e.